The molecule has 0 heterocycles. The van der Waals surface area contributed by atoms with Gasteiger partial charge < -0.3 is 15.2 Å². The van der Waals surface area contributed by atoms with Crippen LogP contribution in [-0.4, -0.2) is 19.3 Å². The Labute approximate surface area is 116 Å². The molecule has 3 heteroatoms. The molecule has 106 valence electrons. The molecule has 19 heavy (non-hydrogen) atoms. The van der Waals surface area contributed by atoms with Crippen molar-refractivity contribution in [3.8, 4) is 11.5 Å². The van der Waals surface area contributed by atoms with E-state index in [9.17, 15) is 0 Å². The average molecular weight is 263 g/mol. The van der Waals surface area contributed by atoms with Crippen LogP contribution in [0.2, 0.25) is 0 Å². The van der Waals surface area contributed by atoms with Crippen LogP contribution in [0.1, 0.15) is 51.0 Å². The molecule has 2 rings (SSSR count). The first-order valence-electron chi connectivity index (χ1n) is 7.39. The summed E-state index contributed by atoms with van der Waals surface area (Å²) in [5, 5.41) is 0. The number of ether oxygens (including phenoxy) is 2. The van der Waals surface area contributed by atoms with Crippen molar-refractivity contribution in [2.75, 3.05) is 13.2 Å². The van der Waals surface area contributed by atoms with E-state index in [0.717, 1.165) is 50.4 Å². The molecule has 1 aliphatic carbocycles. The van der Waals surface area contributed by atoms with Crippen molar-refractivity contribution < 1.29 is 9.47 Å². The van der Waals surface area contributed by atoms with Crippen LogP contribution in [0.3, 0.4) is 0 Å². The van der Waals surface area contributed by atoms with Gasteiger partial charge in [0.15, 0.2) is 11.5 Å². The van der Waals surface area contributed by atoms with Crippen molar-refractivity contribution in [2.24, 2.45) is 5.73 Å². The zero-order chi connectivity index (χ0) is 13.7. The summed E-state index contributed by atoms with van der Waals surface area (Å²) in [7, 11) is 0. The maximum Gasteiger partial charge on any atom is 0.161 e. The summed E-state index contributed by atoms with van der Waals surface area (Å²) in [5.74, 6) is 2.34. The second-order valence-electron chi connectivity index (χ2n) is 5.33. The zero-order valence-electron chi connectivity index (χ0n) is 12.0. The van der Waals surface area contributed by atoms with Gasteiger partial charge in [-0.25, -0.2) is 0 Å². The topological polar surface area (TPSA) is 44.5 Å². The first-order valence-corrected chi connectivity index (χ1v) is 7.39. The lowest BCUT2D eigenvalue weighted by Gasteiger charge is -2.33. The van der Waals surface area contributed by atoms with E-state index in [2.05, 4.69) is 26.0 Å². The van der Waals surface area contributed by atoms with Gasteiger partial charge in [0.05, 0.1) is 13.2 Å². The molecule has 0 unspecified atom stereocenters. The van der Waals surface area contributed by atoms with Crippen molar-refractivity contribution in [1.29, 1.82) is 0 Å². The highest BCUT2D eigenvalue weighted by Gasteiger charge is 2.27. The van der Waals surface area contributed by atoms with Gasteiger partial charge in [0.2, 0.25) is 0 Å². The lowest BCUT2D eigenvalue weighted by atomic mass is 9.76. The van der Waals surface area contributed by atoms with E-state index in [4.69, 9.17) is 15.2 Å². The summed E-state index contributed by atoms with van der Waals surface area (Å²) in [6, 6.07) is 6.71. The van der Waals surface area contributed by atoms with E-state index in [-0.39, 0.29) is 0 Å². The summed E-state index contributed by atoms with van der Waals surface area (Å²) in [6.07, 6.45) is 4.18. The smallest absolute Gasteiger partial charge is 0.161 e. The van der Waals surface area contributed by atoms with Crippen molar-refractivity contribution in [2.45, 2.75) is 51.5 Å². The minimum Gasteiger partial charge on any atom is -0.490 e. The highest BCUT2D eigenvalue weighted by molar-refractivity contribution is 5.44. The molecule has 0 aromatic heterocycles. The summed E-state index contributed by atoms with van der Waals surface area (Å²) in [6.45, 7) is 5.68. The highest BCUT2D eigenvalue weighted by Crippen LogP contribution is 2.39. The first-order chi connectivity index (χ1) is 9.24. The van der Waals surface area contributed by atoms with Gasteiger partial charge in [0.1, 0.15) is 0 Å². The molecule has 1 saturated carbocycles. The van der Waals surface area contributed by atoms with Gasteiger partial charge in [0.25, 0.3) is 0 Å². The van der Waals surface area contributed by atoms with Crippen LogP contribution in [0.25, 0.3) is 0 Å². The highest BCUT2D eigenvalue weighted by atomic mass is 16.5. The normalized spacial score (nSPS) is 21.8. The minimum atomic E-state index is 0.376. The van der Waals surface area contributed by atoms with Crippen LogP contribution in [0.5, 0.6) is 11.5 Å². The number of rotatable bonds is 7. The van der Waals surface area contributed by atoms with Crippen LogP contribution in [0, 0.1) is 0 Å². The fraction of sp³-hybridized carbons (Fsp3) is 0.625. The van der Waals surface area contributed by atoms with Gasteiger partial charge in [0, 0.05) is 6.04 Å². The number of nitrogens with two attached hydrogens (primary N) is 1. The Morgan fingerprint density at radius 1 is 1.05 bits per heavy atom. The molecule has 2 N–H and O–H groups in total. The molecular weight excluding hydrogens is 238 g/mol. The van der Waals surface area contributed by atoms with Crippen LogP contribution in [0.15, 0.2) is 18.2 Å². The number of hydrogen-bond donors (Lipinski definition) is 1. The lowest BCUT2D eigenvalue weighted by molar-refractivity contribution is 0.267. The lowest BCUT2D eigenvalue weighted by Crippen LogP contribution is -2.34. The maximum absolute atomic E-state index is 5.86. The molecule has 3 nitrogen and oxygen atoms in total. The molecule has 0 atom stereocenters. The molecule has 1 aromatic rings. The average Bonchev–Trinajstić information content (AvgIpc) is 2.40. The monoisotopic (exact) mass is 263 g/mol. The van der Waals surface area contributed by atoms with E-state index in [1.807, 2.05) is 6.07 Å². The Kier molecular flexibility index (Phi) is 5.08. The third-order valence-corrected chi connectivity index (χ3v) is 3.54. The third kappa shape index (κ3) is 3.63. The Morgan fingerprint density at radius 3 is 2.26 bits per heavy atom. The summed E-state index contributed by atoms with van der Waals surface area (Å²) in [4.78, 5) is 0. The van der Waals surface area contributed by atoms with Crippen molar-refractivity contribution in [3.63, 3.8) is 0 Å². The van der Waals surface area contributed by atoms with Gasteiger partial charge in [-0.3, -0.25) is 0 Å². The summed E-state index contributed by atoms with van der Waals surface area (Å²) in [5.41, 5.74) is 7.19. The predicted molar refractivity (Wildman–Crippen MR) is 78.0 cm³/mol. The Hall–Kier alpha value is -1.22. The van der Waals surface area contributed by atoms with Crippen LogP contribution in [0.4, 0.5) is 0 Å². The first kappa shape index (κ1) is 14.2. The second kappa shape index (κ2) is 6.80. The maximum atomic E-state index is 5.86. The molecule has 0 aliphatic heterocycles. The largest absolute Gasteiger partial charge is 0.490 e. The van der Waals surface area contributed by atoms with Gasteiger partial charge in [-0.15, -0.1) is 0 Å². The van der Waals surface area contributed by atoms with Gasteiger partial charge >= 0.3 is 0 Å². The molecule has 0 saturated heterocycles. The van der Waals surface area contributed by atoms with E-state index < -0.39 is 0 Å². The second-order valence-corrected chi connectivity index (χ2v) is 5.33. The van der Waals surface area contributed by atoms with Crippen molar-refractivity contribution in [3.05, 3.63) is 23.8 Å². The quantitative estimate of drug-likeness (QED) is 0.819. The van der Waals surface area contributed by atoms with E-state index >= 15 is 0 Å². The van der Waals surface area contributed by atoms with Crippen LogP contribution < -0.4 is 15.2 Å². The van der Waals surface area contributed by atoms with Crippen molar-refractivity contribution >= 4 is 0 Å². The van der Waals surface area contributed by atoms with Crippen LogP contribution in [-0.2, 0) is 0 Å². The van der Waals surface area contributed by atoms with Gasteiger partial charge in [-0.1, -0.05) is 19.9 Å². The standard InChI is InChI=1S/C16H25NO2/c1-3-7-18-15-6-5-12(13-9-14(17)10-13)11-16(15)19-8-4-2/h5-6,11,13-14H,3-4,7-10,17H2,1-2H3. The van der Waals surface area contributed by atoms with Crippen LogP contribution >= 0.6 is 0 Å². The number of benzene rings is 1. The number of hydrogen-bond acceptors (Lipinski definition) is 3. The van der Waals surface area contributed by atoms with Gasteiger partial charge in [-0.2, -0.15) is 0 Å². The van der Waals surface area contributed by atoms with E-state index in [0.29, 0.717) is 12.0 Å². The molecular formula is C16H25NO2. The summed E-state index contributed by atoms with van der Waals surface area (Å²) >= 11 is 0. The molecule has 0 spiro atoms. The molecule has 1 aliphatic rings. The SMILES string of the molecule is CCCOc1ccc(C2CC(N)C2)cc1OCCC. The predicted octanol–water partition coefficient (Wildman–Crippen LogP) is 3.47. The molecule has 0 bridgehead atoms. The minimum absolute atomic E-state index is 0.376. The molecule has 0 amide bonds. The molecule has 0 radical (unpaired) electrons. The van der Waals surface area contributed by atoms with Gasteiger partial charge in [-0.05, 0) is 49.3 Å². The van der Waals surface area contributed by atoms with E-state index in [1.54, 1.807) is 0 Å². The molecule has 1 aromatic carbocycles. The van der Waals surface area contributed by atoms with E-state index in [1.165, 1.54) is 5.56 Å². The molecule has 1 fully saturated rings. The fourth-order valence-corrected chi connectivity index (χ4v) is 2.37. The zero-order valence-corrected chi connectivity index (χ0v) is 12.0. The van der Waals surface area contributed by atoms with Crippen molar-refractivity contribution in [1.82, 2.24) is 0 Å². The summed E-state index contributed by atoms with van der Waals surface area (Å²) < 4.78 is 11.6. The fourth-order valence-electron chi connectivity index (χ4n) is 2.37. The Balaban J connectivity index is 2.10. The Morgan fingerprint density at radius 2 is 1.68 bits per heavy atom. The Bertz CT molecular complexity index is 400. The third-order valence-electron chi connectivity index (χ3n) is 3.54.